The van der Waals surface area contributed by atoms with E-state index in [4.69, 9.17) is 15.2 Å². The third-order valence-electron chi connectivity index (χ3n) is 3.90. The normalized spacial score (nSPS) is 13.1. The van der Waals surface area contributed by atoms with Crippen molar-refractivity contribution in [1.82, 2.24) is 5.32 Å². The number of anilines is 1. The summed E-state index contributed by atoms with van der Waals surface area (Å²) in [4.78, 5) is 15.9. The SMILES string of the molecule is CNC(=O)c1ccc(CN=C(N)Nc2ccc3c(c2)OCCCO3)cc1.I. The topological polar surface area (TPSA) is 98.0 Å². The molecule has 1 aliphatic rings. The molecule has 1 aliphatic heterocycles. The Bertz CT molecular complexity index is 809. The zero-order valence-electron chi connectivity index (χ0n) is 15.0. The fourth-order valence-electron chi connectivity index (χ4n) is 2.51. The molecule has 1 amide bonds. The summed E-state index contributed by atoms with van der Waals surface area (Å²) in [6, 6.07) is 12.8. The van der Waals surface area contributed by atoms with Gasteiger partial charge in [-0.25, -0.2) is 4.99 Å². The number of nitrogens with zero attached hydrogens (tertiary/aromatic N) is 1. The summed E-state index contributed by atoms with van der Waals surface area (Å²) in [7, 11) is 1.60. The minimum atomic E-state index is -0.115. The number of fused-ring (bicyclic) bond motifs is 1. The van der Waals surface area contributed by atoms with E-state index in [2.05, 4.69) is 15.6 Å². The first-order valence-electron chi connectivity index (χ1n) is 8.43. The summed E-state index contributed by atoms with van der Waals surface area (Å²) in [5.74, 6) is 1.62. The van der Waals surface area contributed by atoms with Gasteiger partial charge in [0.1, 0.15) is 0 Å². The molecule has 1 heterocycles. The van der Waals surface area contributed by atoms with E-state index in [-0.39, 0.29) is 29.9 Å². The average molecular weight is 482 g/mol. The van der Waals surface area contributed by atoms with E-state index in [1.165, 1.54) is 0 Å². The smallest absolute Gasteiger partial charge is 0.251 e. The Kier molecular flexibility index (Phi) is 7.71. The van der Waals surface area contributed by atoms with E-state index in [1.807, 2.05) is 30.3 Å². The highest BCUT2D eigenvalue weighted by Gasteiger charge is 2.10. The average Bonchev–Trinajstić information content (AvgIpc) is 2.91. The first-order valence-corrected chi connectivity index (χ1v) is 8.43. The number of hydrogen-bond acceptors (Lipinski definition) is 4. The number of hydrogen-bond donors (Lipinski definition) is 3. The van der Waals surface area contributed by atoms with E-state index < -0.39 is 0 Å². The second-order valence-corrected chi connectivity index (χ2v) is 5.81. The van der Waals surface area contributed by atoms with Crippen molar-refractivity contribution >= 4 is 41.5 Å². The number of aliphatic imine (C=N–C) groups is 1. The quantitative estimate of drug-likeness (QED) is 0.354. The van der Waals surface area contributed by atoms with E-state index in [0.29, 0.717) is 37.0 Å². The molecule has 2 aromatic rings. The van der Waals surface area contributed by atoms with Gasteiger partial charge in [-0.1, -0.05) is 12.1 Å². The number of nitrogens with one attached hydrogen (secondary N) is 2. The van der Waals surface area contributed by atoms with Crippen LogP contribution in [-0.2, 0) is 6.54 Å². The molecular formula is C19H23IN4O3. The van der Waals surface area contributed by atoms with Gasteiger partial charge in [0.15, 0.2) is 17.5 Å². The van der Waals surface area contributed by atoms with Gasteiger partial charge in [0.2, 0.25) is 0 Å². The number of rotatable bonds is 4. The molecule has 7 nitrogen and oxygen atoms in total. The maximum Gasteiger partial charge on any atom is 0.251 e. The molecular weight excluding hydrogens is 459 g/mol. The molecule has 0 unspecified atom stereocenters. The van der Waals surface area contributed by atoms with Crippen LogP contribution in [0.15, 0.2) is 47.5 Å². The number of nitrogens with two attached hydrogens (primary N) is 1. The van der Waals surface area contributed by atoms with Gasteiger partial charge in [-0.2, -0.15) is 0 Å². The van der Waals surface area contributed by atoms with Crippen LogP contribution in [0.1, 0.15) is 22.3 Å². The van der Waals surface area contributed by atoms with Crippen molar-refractivity contribution in [2.45, 2.75) is 13.0 Å². The minimum absolute atomic E-state index is 0. The Labute approximate surface area is 175 Å². The summed E-state index contributed by atoms with van der Waals surface area (Å²) in [5.41, 5.74) is 8.31. The molecule has 0 bridgehead atoms. The minimum Gasteiger partial charge on any atom is -0.490 e. The molecule has 8 heteroatoms. The molecule has 27 heavy (non-hydrogen) atoms. The van der Waals surface area contributed by atoms with Crippen LogP contribution in [0.5, 0.6) is 11.5 Å². The van der Waals surface area contributed by atoms with Crippen molar-refractivity contribution < 1.29 is 14.3 Å². The zero-order chi connectivity index (χ0) is 18.4. The van der Waals surface area contributed by atoms with Crippen LogP contribution in [-0.4, -0.2) is 32.1 Å². The van der Waals surface area contributed by atoms with Gasteiger partial charge in [0.25, 0.3) is 5.91 Å². The van der Waals surface area contributed by atoms with Gasteiger partial charge in [-0.15, -0.1) is 24.0 Å². The summed E-state index contributed by atoms with van der Waals surface area (Å²) in [6.07, 6.45) is 0.861. The van der Waals surface area contributed by atoms with E-state index in [1.54, 1.807) is 19.2 Å². The molecule has 0 atom stereocenters. The lowest BCUT2D eigenvalue weighted by molar-refractivity contribution is 0.0963. The summed E-state index contributed by atoms with van der Waals surface area (Å²) < 4.78 is 11.3. The predicted octanol–water partition coefficient (Wildman–Crippen LogP) is 2.75. The molecule has 2 aromatic carbocycles. The van der Waals surface area contributed by atoms with Crippen molar-refractivity contribution in [3.8, 4) is 11.5 Å². The molecule has 0 spiro atoms. The highest BCUT2D eigenvalue weighted by Crippen LogP contribution is 2.32. The van der Waals surface area contributed by atoms with E-state index in [0.717, 1.165) is 23.4 Å². The lowest BCUT2D eigenvalue weighted by Crippen LogP contribution is -2.22. The number of amides is 1. The van der Waals surface area contributed by atoms with Crippen LogP contribution in [0.4, 0.5) is 5.69 Å². The molecule has 4 N–H and O–H groups in total. The van der Waals surface area contributed by atoms with Gasteiger partial charge < -0.3 is 25.8 Å². The molecule has 0 fully saturated rings. The van der Waals surface area contributed by atoms with Gasteiger partial charge >= 0.3 is 0 Å². The first kappa shape index (κ1) is 20.8. The van der Waals surface area contributed by atoms with Crippen LogP contribution in [0.25, 0.3) is 0 Å². The molecule has 0 saturated heterocycles. The Balaban J connectivity index is 0.00000261. The number of halogens is 1. The Morgan fingerprint density at radius 1 is 1.11 bits per heavy atom. The van der Waals surface area contributed by atoms with Gasteiger partial charge in [-0.05, 0) is 29.8 Å². The van der Waals surface area contributed by atoms with Gasteiger partial charge in [-0.3, -0.25) is 4.79 Å². The van der Waals surface area contributed by atoms with Crippen molar-refractivity contribution in [3.63, 3.8) is 0 Å². The third kappa shape index (κ3) is 5.75. The molecule has 0 saturated carbocycles. The third-order valence-corrected chi connectivity index (χ3v) is 3.90. The summed E-state index contributed by atoms with van der Waals surface area (Å²) >= 11 is 0. The highest BCUT2D eigenvalue weighted by atomic mass is 127. The zero-order valence-corrected chi connectivity index (χ0v) is 17.4. The lowest BCUT2D eigenvalue weighted by Gasteiger charge is -2.10. The fraction of sp³-hybridized carbons (Fsp3) is 0.263. The van der Waals surface area contributed by atoms with E-state index >= 15 is 0 Å². The van der Waals surface area contributed by atoms with Crippen molar-refractivity contribution in [1.29, 1.82) is 0 Å². The second-order valence-electron chi connectivity index (χ2n) is 5.81. The van der Waals surface area contributed by atoms with Crippen LogP contribution in [0.3, 0.4) is 0 Å². The monoisotopic (exact) mass is 482 g/mol. The van der Waals surface area contributed by atoms with Crippen molar-refractivity contribution in [3.05, 3.63) is 53.6 Å². The van der Waals surface area contributed by atoms with Crippen LogP contribution in [0.2, 0.25) is 0 Å². The number of carbonyl (C=O) groups is 1. The largest absolute Gasteiger partial charge is 0.490 e. The molecule has 144 valence electrons. The molecule has 0 radical (unpaired) electrons. The molecule has 0 aromatic heterocycles. The first-order chi connectivity index (χ1) is 12.7. The Morgan fingerprint density at radius 2 is 1.81 bits per heavy atom. The van der Waals surface area contributed by atoms with Crippen molar-refractivity contribution in [2.75, 3.05) is 25.6 Å². The molecule has 0 aliphatic carbocycles. The maximum atomic E-state index is 11.5. The number of guanidine groups is 1. The highest BCUT2D eigenvalue weighted by molar-refractivity contribution is 14.0. The van der Waals surface area contributed by atoms with Crippen LogP contribution >= 0.6 is 24.0 Å². The Hall–Kier alpha value is -2.49. The van der Waals surface area contributed by atoms with Gasteiger partial charge in [0, 0.05) is 30.8 Å². The Morgan fingerprint density at radius 3 is 2.52 bits per heavy atom. The standard InChI is InChI=1S/C19H22N4O3.HI/c1-21-18(24)14-5-3-13(4-6-14)12-22-19(20)23-15-7-8-16-17(11-15)26-10-2-9-25-16;/h3-8,11H,2,9-10,12H2,1H3,(H,21,24)(H3,20,22,23);1H. The predicted molar refractivity (Wildman–Crippen MR) is 116 cm³/mol. The van der Waals surface area contributed by atoms with Crippen LogP contribution < -0.4 is 25.8 Å². The summed E-state index contributed by atoms with van der Waals surface area (Å²) in [5, 5.41) is 5.64. The van der Waals surface area contributed by atoms with Crippen molar-refractivity contribution in [2.24, 2.45) is 10.7 Å². The number of benzene rings is 2. The summed E-state index contributed by atoms with van der Waals surface area (Å²) in [6.45, 7) is 1.70. The fourth-order valence-corrected chi connectivity index (χ4v) is 2.51. The van der Waals surface area contributed by atoms with E-state index in [9.17, 15) is 4.79 Å². The maximum absolute atomic E-state index is 11.5. The second kappa shape index (κ2) is 10.0. The lowest BCUT2D eigenvalue weighted by atomic mass is 10.1. The molecule has 3 rings (SSSR count). The van der Waals surface area contributed by atoms with Crippen LogP contribution in [0, 0.1) is 0 Å². The number of carbonyl (C=O) groups excluding carboxylic acids is 1. The van der Waals surface area contributed by atoms with Gasteiger partial charge in [0.05, 0.1) is 19.8 Å². The number of ether oxygens (including phenoxy) is 2.